The number of nitrogens with one attached hydrogen (secondary N) is 1. The maximum Gasteiger partial charge on any atom is 0.255 e. The third-order valence-electron chi connectivity index (χ3n) is 4.80. The molecule has 1 amide bonds. The summed E-state index contributed by atoms with van der Waals surface area (Å²) in [6, 6.07) is 38.7. The predicted octanol–water partition coefficient (Wildman–Crippen LogP) is 6.50. The molecule has 2 heterocycles. The standard InChI is InChI=1S/C28H23N3O/c32-28(24-18-13-9-5-2-6-10-14-19-24)30-25-22-29-31-21-15-20-26(31)27(25)23-16-11-7-3-1-4-8-12-17-23/h1-22H,(H,30,32). The van der Waals surface area contributed by atoms with Crippen molar-refractivity contribution in [2.45, 2.75) is 0 Å². The average molecular weight is 418 g/mol. The summed E-state index contributed by atoms with van der Waals surface area (Å²) in [6.07, 6.45) is 3.58. The van der Waals surface area contributed by atoms with Crippen molar-refractivity contribution < 1.29 is 4.79 Å². The molecule has 0 fully saturated rings. The van der Waals surface area contributed by atoms with Crippen LogP contribution >= 0.6 is 0 Å². The first kappa shape index (κ1) is 20.8. The van der Waals surface area contributed by atoms with Crippen LogP contribution in [0.4, 0.5) is 5.69 Å². The van der Waals surface area contributed by atoms with Crippen molar-refractivity contribution in [3.63, 3.8) is 0 Å². The van der Waals surface area contributed by atoms with Crippen LogP contribution in [-0.2, 0) is 0 Å². The number of rotatable bonds is 3. The summed E-state index contributed by atoms with van der Waals surface area (Å²) in [5, 5.41) is 7.53. The summed E-state index contributed by atoms with van der Waals surface area (Å²) >= 11 is 0. The molecule has 0 unspecified atom stereocenters. The van der Waals surface area contributed by atoms with Crippen LogP contribution in [0, 0.1) is 0 Å². The molecule has 0 saturated carbocycles. The van der Waals surface area contributed by atoms with Crippen molar-refractivity contribution in [3.05, 3.63) is 139 Å². The number of hydrogen-bond donors (Lipinski definition) is 1. The molecule has 156 valence electrons. The third kappa shape index (κ3) is 5.18. The zero-order valence-electron chi connectivity index (χ0n) is 17.5. The van der Waals surface area contributed by atoms with Gasteiger partial charge in [-0.1, -0.05) is 97.1 Å². The summed E-state index contributed by atoms with van der Waals surface area (Å²) in [7, 11) is 0. The molecule has 4 aromatic rings. The number of fused-ring (bicyclic) bond motifs is 1. The molecule has 0 aliphatic heterocycles. The smallest absolute Gasteiger partial charge is 0.255 e. The van der Waals surface area contributed by atoms with Gasteiger partial charge in [-0.15, -0.1) is 0 Å². The van der Waals surface area contributed by atoms with Gasteiger partial charge in [-0.25, -0.2) is 4.52 Å². The van der Waals surface area contributed by atoms with Crippen molar-refractivity contribution in [3.8, 4) is 11.1 Å². The number of hydrogen-bond acceptors (Lipinski definition) is 2. The Bertz CT molecular complexity index is 1290. The van der Waals surface area contributed by atoms with Gasteiger partial charge in [0.1, 0.15) is 0 Å². The Balaban J connectivity index is 1.83. The Labute approximate surface area is 187 Å². The molecule has 0 bridgehead atoms. The van der Waals surface area contributed by atoms with Crippen molar-refractivity contribution in [1.82, 2.24) is 9.61 Å². The highest BCUT2D eigenvalue weighted by molar-refractivity contribution is 6.07. The number of amides is 1. The molecule has 4 nitrogen and oxygen atoms in total. The zero-order chi connectivity index (χ0) is 22.0. The fraction of sp³-hybridized carbons (Fsp3) is 0. The second kappa shape index (κ2) is 10.5. The number of carbonyl (C=O) groups excluding carboxylic acids is 1. The third-order valence-corrected chi connectivity index (χ3v) is 4.80. The lowest BCUT2D eigenvalue weighted by Crippen LogP contribution is -2.13. The van der Waals surface area contributed by atoms with Crippen molar-refractivity contribution in [2.24, 2.45) is 0 Å². The van der Waals surface area contributed by atoms with E-state index in [1.165, 1.54) is 0 Å². The molecule has 2 aromatic heterocycles. The van der Waals surface area contributed by atoms with E-state index in [4.69, 9.17) is 0 Å². The van der Waals surface area contributed by atoms with Gasteiger partial charge >= 0.3 is 0 Å². The minimum atomic E-state index is -0.203. The zero-order valence-corrected chi connectivity index (χ0v) is 17.5. The minimum Gasteiger partial charge on any atom is -0.320 e. The number of anilines is 1. The monoisotopic (exact) mass is 417 g/mol. The molecule has 0 spiro atoms. The quantitative estimate of drug-likeness (QED) is 0.413. The van der Waals surface area contributed by atoms with Gasteiger partial charge in [0.2, 0.25) is 0 Å². The Morgan fingerprint density at radius 2 is 1.19 bits per heavy atom. The van der Waals surface area contributed by atoms with E-state index in [2.05, 4.69) is 10.4 Å². The van der Waals surface area contributed by atoms with Gasteiger partial charge in [0.15, 0.2) is 0 Å². The fourth-order valence-electron chi connectivity index (χ4n) is 3.29. The van der Waals surface area contributed by atoms with Crippen LogP contribution in [0.1, 0.15) is 10.4 Å². The molecule has 0 aliphatic carbocycles. The van der Waals surface area contributed by atoms with E-state index in [1.54, 1.807) is 22.8 Å². The van der Waals surface area contributed by atoms with Crippen molar-refractivity contribution >= 4 is 17.1 Å². The molecular formula is C28H23N3O. The summed E-state index contributed by atoms with van der Waals surface area (Å²) in [6.45, 7) is 0. The molecule has 0 radical (unpaired) electrons. The number of carbonyl (C=O) groups is 1. The normalized spacial score (nSPS) is 10.0. The summed E-state index contributed by atoms with van der Waals surface area (Å²) in [5.41, 5.74) is 3.97. The van der Waals surface area contributed by atoms with Crippen LogP contribution in [0.15, 0.2) is 134 Å². The van der Waals surface area contributed by atoms with E-state index >= 15 is 0 Å². The van der Waals surface area contributed by atoms with Gasteiger partial charge in [0.05, 0.1) is 17.4 Å². The second-order valence-corrected chi connectivity index (χ2v) is 7.00. The molecule has 0 saturated heterocycles. The average Bonchev–Trinajstić information content (AvgIpc) is 3.29. The maximum absolute atomic E-state index is 13.2. The molecule has 2 aromatic carbocycles. The first-order valence-corrected chi connectivity index (χ1v) is 10.4. The highest BCUT2D eigenvalue weighted by Gasteiger charge is 2.14. The van der Waals surface area contributed by atoms with Crippen molar-refractivity contribution in [1.29, 1.82) is 0 Å². The highest BCUT2D eigenvalue weighted by Crippen LogP contribution is 2.31. The summed E-state index contributed by atoms with van der Waals surface area (Å²) in [4.78, 5) is 13.2. The molecule has 0 atom stereocenters. The predicted molar refractivity (Wildman–Crippen MR) is 130 cm³/mol. The van der Waals surface area contributed by atoms with Gasteiger partial charge in [0.25, 0.3) is 5.91 Å². The van der Waals surface area contributed by atoms with Gasteiger partial charge in [-0.3, -0.25) is 4.79 Å². The minimum absolute atomic E-state index is 0.203. The number of nitrogens with zero attached hydrogens (tertiary/aromatic N) is 2. The molecule has 0 aliphatic rings. The second-order valence-electron chi connectivity index (χ2n) is 7.00. The van der Waals surface area contributed by atoms with Crippen molar-refractivity contribution in [2.75, 3.05) is 5.32 Å². The van der Waals surface area contributed by atoms with Crippen LogP contribution in [0.25, 0.3) is 16.6 Å². The first-order chi connectivity index (χ1) is 15.8. The summed E-state index contributed by atoms with van der Waals surface area (Å²) in [5.74, 6) is -0.203. The van der Waals surface area contributed by atoms with E-state index in [-0.39, 0.29) is 5.91 Å². The van der Waals surface area contributed by atoms with Gasteiger partial charge in [-0.05, 0) is 29.8 Å². The van der Waals surface area contributed by atoms with E-state index < -0.39 is 0 Å². The molecule has 4 rings (SSSR count). The Hall–Kier alpha value is -4.44. The number of aromatic nitrogens is 2. The van der Waals surface area contributed by atoms with Crippen LogP contribution < -0.4 is 5.32 Å². The highest BCUT2D eigenvalue weighted by atomic mass is 16.1. The SMILES string of the molecule is O=C(Nc1cnn2cccc2c1-c1ccccccccc1)c1ccccccccc1. The lowest BCUT2D eigenvalue weighted by atomic mass is 10.1. The van der Waals surface area contributed by atoms with Crippen LogP contribution in [0.2, 0.25) is 0 Å². The topological polar surface area (TPSA) is 46.4 Å². The van der Waals surface area contributed by atoms with E-state index in [1.807, 2.05) is 115 Å². The van der Waals surface area contributed by atoms with Crippen LogP contribution in [0.3, 0.4) is 0 Å². The largest absolute Gasteiger partial charge is 0.320 e. The fourth-order valence-corrected chi connectivity index (χ4v) is 3.29. The molecular weight excluding hydrogens is 394 g/mol. The maximum atomic E-state index is 13.2. The Morgan fingerprint density at radius 1 is 0.656 bits per heavy atom. The Kier molecular flexibility index (Phi) is 6.86. The van der Waals surface area contributed by atoms with E-state index in [9.17, 15) is 4.79 Å². The van der Waals surface area contributed by atoms with Gasteiger partial charge in [-0.2, -0.15) is 5.10 Å². The summed E-state index contributed by atoms with van der Waals surface area (Å²) < 4.78 is 1.81. The first-order valence-electron chi connectivity index (χ1n) is 10.4. The van der Waals surface area contributed by atoms with Gasteiger partial charge in [0, 0.05) is 17.3 Å². The molecule has 32 heavy (non-hydrogen) atoms. The van der Waals surface area contributed by atoms with Gasteiger partial charge < -0.3 is 5.32 Å². The van der Waals surface area contributed by atoms with Crippen LogP contribution in [0.5, 0.6) is 0 Å². The molecule has 1 N–H and O–H groups in total. The molecule has 4 heteroatoms. The van der Waals surface area contributed by atoms with Crippen LogP contribution in [-0.4, -0.2) is 15.5 Å². The lowest BCUT2D eigenvalue weighted by Gasteiger charge is -2.12. The van der Waals surface area contributed by atoms with E-state index in [0.717, 1.165) is 16.6 Å². The Morgan fingerprint density at radius 3 is 1.78 bits per heavy atom. The lowest BCUT2D eigenvalue weighted by molar-refractivity contribution is 0.102. The van der Waals surface area contributed by atoms with E-state index in [0.29, 0.717) is 11.3 Å².